The summed E-state index contributed by atoms with van der Waals surface area (Å²) in [5.41, 5.74) is 5.32. The van der Waals surface area contributed by atoms with E-state index in [4.69, 9.17) is 33.7 Å². The van der Waals surface area contributed by atoms with E-state index >= 15 is 0 Å². The molecule has 1 heterocycles. The molecule has 2 aliphatic rings. The molecule has 1 aliphatic carbocycles. The van der Waals surface area contributed by atoms with Crippen LogP contribution in [0.1, 0.15) is 51.4 Å². The maximum Gasteiger partial charge on any atom is 0.217 e. The van der Waals surface area contributed by atoms with E-state index in [1.165, 1.54) is 19.3 Å². The summed E-state index contributed by atoms with van der Waals surface area (Å²) in [5.74, 6) is 1.86. The molecule has 1 saturated carbocycles. The van der Waals surface area contributed by atoms with Crippen LogP contribution in [0.4, 0.5) is 0 Å². The molecule has 1 saturated heterocycles. The number of amides is 1. The number of ether oxygens (including phenoxy) is 1. The van der Waals surface area contributed by atoms with Crippen molar-refractivity contribution in [2.75, 3.05) is 19.6 Å². The summed E-state index contributed by atoms with van der Waals surface area (Å²) in [4.78, 5) is 13.6. The Morgan fingerprint density at radius 3 is 2.41 bits per heavy atom. The predicted molar refractivity (Wildman–Crippen MR) is 110 cm³/mol. The van der Waals surface area contributed by atoms with Gasteiger partial charge < -0.3 is 15.4 Å². The summed E-state index contributed by atoms with van der Waals surface area (Å²) in [7, 11) is 0. The van der Waals surface area contributed by atoms with Gasteiger partial charge in [-0.05, 0) is 62.6 Å². The Bertz CT molecular complexity index is 625. The second-order valence-corrected chi connectivity index (χ2v) is 8.84. The van der Waals surface area contributed by atoms with Gasteiger partial charge in [0.1, 0.15) is 16.9 Å². The molecule has 4 nitrogen and oxygen atoms in total. The lowest BCUT2D eigenvalue weighted by Crippen LogP contribution is -2.39. The highest BCUT2D eigenvalue weighted by molar-refractivity contribution is 6.42. The fraction of sp³-hybridized carbons (Fsp3) is 0.667. The topological polar surface area (TPSA) is 55.6 Å². The van der Waals surface area contributed by atoms with Gasteiger partial charge >= 0.3 is 0 Å². The zero-order valence-electron chi connectivity index (χ0n) is 15.8. The summed E-state index contributed by atoms with van der Waals surface area (Å²) >= 11 is 12.3. The maximum atomic E-state index is 11.0. The molecule has 150 valence electrons. The smallest absolute Gasteiger partial charge is 0.217 e. The van der Waals surface area contributed by atoms with Gasteiger partial charge in [-0.3, -0.25) is 4.79 Å². The first-order chi connectivity index (χ1) is 13.0. The highest BCUT2D eigenvalue weighted by Crippen LogP contribution is 2.34. The number of benzene rings is 1. The van der Waals surface area contributed by atoms with E-state index in [-0.39, 0.29) is 12.0 Å². The van der Waals surface area contributed by atoms with Crippen molar-refractivity contribution in [1.29, 1.82) is 0 Å². The number of piperidine rings is 1. The lowest BCUT2D eigenvalue weighted by atomic mass is 9.79. The van der Waals surface area contributed by atoms with Gasteiger partial charge in [-0.2, -0.15) is 0 Å². The monoisotopic (exact) mass is 412 g/mol. The summed E-state index contributed by atoms with van der Waals surface area (Å²) in [5, 5.41) is 1.05. The van der Waals surface area contributed by atoms with Crippen molar-refractivity contribution in [2.24, 2.45) is 17.6 Å². The molecule has 27 heavy (non-hydrogen) atoms. The Balaban J connectivity index is 1.34. The van der Waals surface area contributed by atoms with Gasteiger partial charge in [0.05, 0.1) is 5.02 Å². The fourth-order valence-corrected chi connectivity index (χ4v) is 4.72. The van der Waals surface area contributed by atoms with Gasteiger partial charge in [0.15, 0.2) is 0 Å². The minimum Gasteiger partial charge on any atom is -0.489 e. The van der Waals surface area contributed by atoms with Crippen molar-refractivity contribution in [3.05, 3.63) is 28.2 Å². The van der Waals surface area contributed by atoms with Crippen molar-refractivity contribution < 1.29 is 9.53 Å². The first-order valence-corrected chi connectivity index (χ1v) is 10.9. The fourth-order valence-electron chi connectivity index (χ4n) is 4.38. The van der Waals surface area contributed by atoms with E-state index in [9.17, 15) is 4.79 Å². The van der Waals surface area contributed by atoms with Crippen LogP contribution in [0.5, 0.6) is 5.75 Å². The van der Waals surface area contributed by atoms with Gasteiger partial charge in [0.25, 0.3) is 0 Å². The van der Waals surface area contributed by atoms with Crippen molar-refractivity contribution in [2.45, 2.75) is 57.5 Å². The van der Waals surface area contributed by atoms with Crippen LogP contribution in [-0.2, 0) is 4.79 Å². The number of carbonyl (C=O) groups excluding carboxylic acids is 1. The lowest BCUT2D eigenvalue weighted by Gasteiger charge is -2.34. The molecule has 1 aromatic carbocycles. The summed E-state index contributed by atoms with van der Waals surface area (Å²) in [6.07, 6.45) is 8.87. The van der Waals surface area contributed by atoms with Crippen LogP contribution in [0.25, 0.3) is 0 Å². The van der Waals surface area contributed by atoms with Crippen molar-refractivity contribution in [3.8, 4) is 5.75 Å². The molecule has 3 rings (SSSR count). The number of nitrogens with zero attached hydrogens (tertiary/aromatic N) is 1. The minimum absolute atomic E-state index is 0.150. The molecular weight excluding hydrogens is 383 g/mol. The Hall–Kier alpha value is -0.970. The van der Waals surface area contributed by atoms with E-state index in [1.54, 1.807) is 6.07 Å². The number of likely N-dealkylation sites (tertiary alicyclic amines) is 1. The number of carbonyl (C=O) groups is 1. The van der Waals surface area contributed by atoms with Gasteiger partial charge in [-0.15, -0.1) is 0 Å². The molecule has 0 spiro atoms. The van der Waals surface area contributed by atoms with Crippen LogP contribution in [0.2, 0.25) is 10.0 Å². The standard InChI is InChI=1S/C21H30Cl2N2O2/c22-18-2-1-3-19(21(18)23)27-17-9-12-25(13-10-17)11-8-15-4-6-16(7-5-15)14-20(24)26/h1-3,15-17H,4-14H2,(H2,24,26). The normalized spacial score (nSPS) is 24.7. The van der Waals surface area contributed by atoms with E-state index < -0.39 is 0 Å². The summed E-state index contributed by atoms with van der Waals surface area (Å²) in [6.45, 7) is 3.30. The van der Waals surface area contributed by atoms with Crippen molar-refractivity contribution >= 4 is 29.1 Å². The third kappa shape index (κ3) is 6.27. The Morgan fingerprint density at radius 1 is 1.07 bits per heavy atom. The molecule has 0 bridgehead atoms. The molecule has 1 aliphatic heterocycles. The van der Waals surface area contributed by atoms with Crippen LogP contribution < -0.4 is 10.5 Å². The van der Waals surface area contributed by atoms with Crippen molar-refractivity contribution in [3.63, 3.8) is 0 Å². The number of rotatable bonds is 7. The highest BCUT2D eigenvalue weighted by Gasteiger charge is 2.25. The molecule has 6 heteroatoms. The van der Waals surface area contributed by atoms with Crippen LogP contribution in [0.3, 0.4) is 0 Å². The van der Waals surface area contributed by atoms with E-state index in [0.717, 1.165) is 51.2 Å². The lowest BCUT2D eigenvalue weighted by molar-refractivity contribution is -0.119. The zero-order chi connectivity index (χ0) is 19.2. The molecular formula is C21H30Cl2N2O2. The first-order valence-electron chi connectivity index (χ1n) is 10.1. The number of hydrogen-bond acceptors (Lipinski definition) is 3. The zero-order valence-corrected chi connectivity index (χ0v) is 17.4. The first kappa shape index (κ1) is 20.8. The van der Waals surface area contributed by atoms with Crippen molar-refractivity contribution in [1.82, 2.24) is 4.90 Å². The largest absolute Gasteiger partial charge is 0.489 e. The SMILES string of the molecule is NC(=O)CC1CCC(CCN2CCC(Oc3cccc(Cl)c3Cl)CC2)CC1. The molecule has 0 unspecified atom stereocenters. The average Bonchev–Trinajstić information content (AvgIpc) is 2.66. The predicted octanol–water partition coefficient (Wildman–Crippen LogP) is 4.91. The second-order valence-electron chi connectivity index (χ2n) is 8.06. The van der Waals surface area contributed by atoms with Crippen LogP contribution in [0.15, 0.2) is 18.2 Å². The third-order valence-corrected chi connectivity index (χ3v) is 6.86. The van der Waals surface area contributed by atoms with Crippen LogP contribution in [-0.4, -0.2) is 36.5 Å². The number of hydrogen-bond donors (Lipinski definition) is 1. The number of primary amides is 1. The highest BCUT2D eigenvalue weighted by atomic mass is 35.5. The number of nitrogens with two attached hydrogens (primary N) is 1. The maximum absolute atomic E-state index is 11.0. The Morgan fingerprint density at radius 2 is 1.74 bits per heavy atom. The van der Waals surface area contributed by atoms with Gasteiger partial charge in [0, 0.05) is 19.5 Å². The van der Waals surface area contributed by atoms with Crippen LogP contribution in [0, 0.1) is 11.8 Å². The van der Waals surface area contributed by atoms with E-state index in [2.05, 4.69) is 4.90 Å². The number of halogens is 2. The molecule has 1 aromatic rings. The molecule has 0 radical (unpaired) electrons. The molecule has 0 atom stereocenters. The molecule has 2 N–H and O–H groups in total. The quantitative estimate of drug-likeness (QED) is 0.691. The minimum atomic E-state index is -0.150. The van der Waals surface area contributed by atoms with Gasteiger partial charge in [-0.1, -0.05) is 42.1 Å². The van der Waals surface area contributed by atoms with Gasteiger partial charge in [-0.25, -0.2) is 0 Å². The second kappa shape index (κ2) is 9.99. The summed E-state index contributed by atoms with van der Waals surface area (Å²) < 4.78 is 6.07. The van der Waals surface area contributed by atoms with Gasteiger partial charge in [0.2, 0.25) is 5.91 Å². The molecule has 2 fully saturated rings. The average molecular weight is 413 g/mol. The Kier molecular flexibility index (Phi) is 7.68. The Labute approximate surface area is 172 Å². The van der Waals surface area contributed by atoms with E-state index in [0.29, 0.717) is 28.1 Å². The third-order valence-electron chi connectivity index (χ3n) is 6.05. The molecule has 1 amide bonds. The van der Waals surface area contributed by atoms with Crippen LogP contribution >= 0.6 is 23.2 Å². The molecule has 0 aromatic heterocycles. The summed E-state index contributed by atoms with van der Waals surface area (Å²) in [6, 6.07) is 5.53. The van der Waals surface area contributed by atoms with E-state index in [1.807, 2.05) is 12.1 Å².